The van der Waals surface area contributed by atoms with Gasteiger partial charge in [-0.05, 0) is 48.9 Å². The number of carbonyl (C=O) groups is 2. The van der Waals surface area contributed by atoms with E-state index in [-0.39, 0.29) is 5.69 Å². The number of amides is 2. The van der Waals surface area contributed by atoms with E-state index < -0.39 is 18.0 Å². The van der Waals surface area contributed by atoms with Crippen LogP contribution in [0.1, 0.15) is 22.8 Å². The molecular weight excluding hydrogens is 493 g/mol. The predicted molar refractivity (Wildman–Crippen MR) is 133 cm³/mol. The highest BCUT2D eigenvalue weighted by Gasteiger charge is 2.38. The van der Waals surface area contributed by atoms with E-state index in [1.54, 1.807) is 48.6 Å². The molecule has 0 saturated heterocycles. The summed E-state index contributed by atoms with van der Waals surface area (Å²) in [6.07, 6.45) is -4.98. The van der Waals surface area contributed by atoms with E-state index >= 15 is 0 Å². The molecule has 4 aromatic rings. The Morgan fingerprint density at radius 3 is 2.28 bits per heavy atom. The average molecular weight is 511 g/mol. The molecule has 6 nitrogen and oxygen atoms in total. The first-order chi connectivity index (χ1) is 17.1. The monoisotopic (exact) mass is 510 g/mol. The molecule has 0 aliphatic heterocycles. The first-order valence-electron chi connectivity index (χ1n) is 10.6. The van der Waals surface area contributed by atoms with Crippen molar-refractivity contribution in [2.24, 2.45) is 5.10 Å². The Morgan fingerprint density at radius 2 is 1.61 bits per heavy atom. The third-order valence-electron chi connectivity index (χ3n) is 5.24. The number of rotatable bonds is 5. The number of anilines is 1. The number of fused-ring (bicyclic) bond motifs is 1. The molecule has 10 heteroatoms. The highest BCUT2D eigenvalue weighted by Crippen LogP contribution is 2.26. The second kappa shape index (κ2) is 10.2. The maximum absolute atomic E-state index is 13.1. The minimum absolute atomic E-state index is 0.0177. The number of aromatic nitrogens is 1. The van der Waals surface area contributed by atoms with Gasteiger partial charge >= 0.3 is 12.1 Å². The summed E-state index contributed by atoms with van der Waals surface area (Å²) in [5.41, 5.74) is 5.84. The molecule has 182 valence electrons. The van der Waals surface area contributed by atoms with Crippen LogP contribution < -0.4 is 10.7 Å². The van der Waals surface area contributed by atoms with Crippen LogP contribution in [-0.2, 0) is 4.79 Å². The van der Waals surface area contributed by atoms with Gasteiger partial charge in [-0.25, -0.2) is 10.4 Å². The summed E-state index contributed by atoms with van der Waals surface area (Å²) >= 11 is 5.98. The quantitative estimate of drug-likeness (QED) is 0.247. The van der Waals surface area contributed by atoms with Crippen LogP contribution in [0.25, 0.3) is 22.2 Å². The second-order valence-electron chi connectivity index (χ2n) is 7.75. The number of carbonyl (C=O) groups excluding carboxylic acids is 2. The van der Waals surface area contributed by atoms with Gasteiger partial charge in [-0.2, -0.15) is 18.3 Å². The van der Waals surface area contributed by atoms with Gasteiger partial charge in [0.25, 0.3) is 5.91 Å². The van der Waals surface area contributed by atoms with Gasteiger partial charge in [0, 0.05) is 21.7 Å². The molecule has 0 saturated carbocycles. The lowest BCUT2D eigenvalue weighted by atomic mass is 10.0. The molecule has 3 aromatic carbocycles. The van der Waals surface area contributed by atoms with E-state index in [1.807, 2.05) is 18.2 Å². The molecule has 2 amide bonds. The standard InChI is InChI=1S/C26H18ClF3N4O2/c1-15(16-8-12-19(13-9-16)31-25(36)26(28,29)30)33-34-24(35)21-14-23(17-6-10-18(27)11-7-17)32-22-5-3-2-4-20(21)22/h2-14H,1H3,(H,31,36)(H,34,35)/b33-15+. The number of hydrogen-bond acceptors (Lipinski definition) is 4. The van der Waals surface area contributed by atoms with Crippen molar-refractivity contribution in [3.8, 4) is 11.3 Å². The zero-order chi connectivity index (χ0) is 25.9. The Hall–Kier alpha value is -4.24. The van der Waals surface area contributed by atoms with Crippen molar-refractivity contribution in [2.75, 3.05) is 5.32 Å². The van der Waals surface area contributed by atoms with Crippen molar-refractivity contribution in [2.45, 2.75) is 13.1 Å². The molecule has 0 aliphatic rings. The Balaban J connectivity index is 1.56. The normalized spacial score (nSPS) is 11.9. The number of benzene rings is 3. The number of alkyl halides is 3. The summed E-state index contributed by atoms with van der Waals surface area (Å²) < 4.78 is 37.2. The summed E-state index contributed by atoms with van der Waals surface area (Å²) in [4.78, 5) is 28.8. The fourth-order valence-corrected chi connectivity index (χ4v) is 3.51. The molecule has 0 unspecified atom stereocenters. The topological polar surface area (TPSA) is 83.4 Å². The molecule has 2 N–H and O–H groups in total. The number of nitrogens with one attached hydrogen (secondary N) is 2. The van der Waals surface area contributed by atoms with E-state index in [9.17, 15) is 22.8 Å². The van der Waals surface area contributed by atoms with Crippen molar-refractivity contribution < 1.29 is 22.8 Å². The third kappa shape index (κ3) is 5.69. The van der Waals surface area contributed by atoms with Crippen molar-refractivity contribution >= 4 is 45.7 Å². The summed E-state index contributed by atoms with van der Waals surface area (Å²) in [5.74, 6) is -2.52. The largest absolute Gasteiger partial charge is 0.471 e. The van der Waals surface area contributed by atoms with Gasteiger partial charge in [0.2, 0.25) is 0 Å². The van der Waals surface area contributed by atoms with Crippen molar-refractivity contribution in [3.63, 3.8) is 0 Å². The van der Waals surface area contributed by atoms with Gasteiger partial charge in [0.1, 0.15) is 0 Å². The molecular formula is C26H18ClF3N4O2. The van der Waals surface area contributed by atoms with Crippen LogP contribution in [-0.4, -0.2) is 28.7 Å². The lowest BCUT2D eigenvalue weighted by Crippen LogP contribution is -2.29. The van der Waals surface area contributed by atoms with Crippen LogP contribution in [0.4, 0.5) is 18.9 Å². The highest BCUT2D eigenvalue weighted by atomic mass is 35.5. The SMILES string of the molecule is C/C(=N\NC(=O)c1cc(-c2ccc(Cl)cc2)nc2ccccc12)c1ccc(NC(=O)C(F)(F)F)cc1. The van der Waals surface area contributed by atoms with Gasteiger partial charge in [0.15, 0.2) is 0 Å². The summed E-state index contributed by atoms with van der Waals surface area (Å²) in [7, 11) is 0. The first kappa shape index (κ1) is 24.9. The zero-order valence-corrected chi connectivity index (χ0v) is 19.5. The Labute approximate surface area is 208 Å². The molecule has 0 radical (unpaired) electrons. The number of halogens is 4. The number of nitrogens with zero attached hydrogens (tertiary/aromatic N) is 2. The maximum atomic E-state index is 13.1. The number of pyridine rings is 1. The summed E-state index contributed by atoms with van der Waals surface area (Å²) in [5, 5.41) is 7.13. The average Bonchev–Trinajstić information content (AvgIpc) is 2.86. The minimum atomic E-state index is -4.98. The highest BCUT2D eigenvalue weighted by molar-refractivity contribution is 6.30. The first-order valence-corrected chi connectivity index (χ1v) is 11.0. The smallest absolute Gasteiger partial charge is 0.318 e. The molecule has 1 aromatic heterocycles. The Kier molecular flexibility index (Phi) is 7.03. The lowest BCUT2D eigenvalue weighted by molar-refractivity contribution is -0.167. The fourth-order valence-electron chi connectivity index (χ4n) is 3.39. The van der Waals surface area contributed by atoms with Crippen LogP contribution in [0.5, 0.6) is 0 Å². The predicted octanol–water partition coefficient (Wildman–Crippen LogP) is 6.21. The molecule has 0 fully saturated rings. The number of hydrogen-bond donors (Lipinski definition) is 2. The number of hydrazone groups is 1. The lowest BCUT2D eigenvalue weighted by Gasteiger charge is -2.10. The van der Waals surface area contributed by atoms with E-state index in [4.69, 9.17) is 11.6 Å². The molecule has 1 heterocycles. The fraction of sp³-hybridized carbons (Fsp3) is 0.0769. The van der Waals surface area contributed by atoms with Gasteiger partial charge in [-0.1, -0.05) is 54.1 Å². The molecule has 0 spiro atoms. The Morgan fingerprint density at radius 1 is 0.944 bits per heavy atom. The van der Waals surface area contributed by atoms with Crippen molar-refractivity contribution in [1.29, 1.82) is 0 Å². The van der Waals surface area contributed by atoms with E-state index in [1.165, 1.54) is 24.3 Å². The molecule has 36 heavy (non-hydrogen) atoms. The Bertz CT molecular complexity index is 1470. The van der Waals surface area contributed by atoms with E-state index in [0.717, 1.165) is 5.56 Å². The molecule has 0 atom stereocenters. The van der Waals surface area contributed by atoms with Crippen LogP contribution in [0.15, 0.2) is 84.0 Å². The van der Waals surface area contributed by atoms with E-state index in [2.05, 4.69) is 15.5 Å². The van der Waals surface area contributed by atoms with Crippen LogP contribution in [0, 0.1) is 0 Å². The van der Waals surface area contributed by atoms with Crippen LogP contribution in [0.3, 0.4) is 0 Å². The summed E-state index contributed by atoms with van der Waals surface area (Å²) in [6.45, 7) is 1.63. The molecule has 0 bridgehead atoms. The van der Waals surface area contributed by atoms with Crippen molar-refractivity contribution in [3.05, 3.63) is 95.0 Å². The van der Waals surface area contributed by atoms with Crippen LogP contribution >= 0.6 is 11.6 Å². The second-order valence-corrected chi connectivity index (χ2v) is 8.18. The van der Waals surface area contributed by atoms with Gasteiger partial charge in [-0.3, -0.25) is 9.59 Å². The summed E-state index contributed by atoms with van der Waals surface area (Å²) in [6, 6.07) is 21.6. The van der Waals surface area contributed by atoms with Gasteiger partial charge in [0.05, 0.1) is 22.5 Å². The van der Waals surface area contributed by atoms with Gasteiger partial charge in [-0.15, -0.1) is 0 Å². The maximum Gasteiger partial charge on any atom is 0.471 e. The third-order valence-corrected chi connectivity index (χ3v) is 5.50. The minimum Gasteiger partial charge on any atom is -0.318 e. The van der Waals surface area contributed by atoms with E-state index in [0.29, 0.717) is 38.5 Å². The van der Waals surface area contributed by atoms with Crippen molar-refractivity contribution in [1.82, 2.24) is 10.4 Å². The zero-order valence-electron chi connectivity index (χ0n) is 18.7. The number of para-hydroxylation sites is 1. The molecule has 4 rings (SSSR count). The van der Waals surface area contributed by atoms with Gasteiger partial charge < -0.3 is 5.32 Å². The van der Waals surface area contributed by atoms with Crippen LogP contribution in [0.2, 0.25) is 5.02 Å². The molecule has 0 aliphatic carbocycles.